The quantitative estimate of drug-likeness (QED) is 0.760. The van der Waals surface area contributed by atoms with Crippen molar-refractivity contribution in [3.63, 3.8) is 0 Å². The Balaban J connectivity index is 1.56. The largest absolute Gasteiger partial charge is 0.370 e. The molecule has 28 heavy (non-hydrogen) atoms. The molecule has 0 saturated carbocycles. The molecule has 2 amide bonds. The maximum Gasteiger partial charge on any atom is 0.254 e. The lowest BCUT2D eigenvalue weighted by Crippen LogP contribution is -2.45. The SMILES string of the molecule is NC(=O)C[C@@H]1CCCCN1C(=O)c1ccc(-c2cnc3ccccc3n2)cc1. The van der Waals surface area contributed by atoms with E-state index in [-0.39, 0.29) is 24.3 Å². The van der Waals surface area contributed by atoms with Crippen molar-refractivity contribution in [2.75, 3.05) is 6.54 Å². The average molecular weight is 374 g/mol. The molecule has 0 aliphatic carbocycles. The fraction of sp³-hybridized carbons (Fsp3) is 0.273. The van der Waals surface area contributed by atoms with E-state index in [1.54, 1.807) is 11.1 Å². The summed E-state index contributed by atoms with van der Waals surface area (Å²) < 4.78 is 0. The van der Waals surface area contributed by atoms with Crippen molar-refractivity contribution in [1.82, 2.24) is 14.9 Å². The summed E-state index contributed by atoms with van der Waals surface area (Å²) >= 11 is 0. The van der Waals surface area contributed by atoms with Gasteiger partial charge in [0.15, 0.2) is 0 Å². The Morgan fingerprint density at radius 2 is 1.79 bits per heavy atom. The van der Waals surface area contributed by atoms with Gasteiger partial charge in [0.2, 0.25) is 5.91 Å². The highest BCUT2D eigenvalue weighted by Crippen LogP contribution is 2.24. The Bertz CT molecular complexity index is 1020. The molecule has 1 aliphatic rings. The highest BCUT2D eigenvalue weighted by molar-refractivity contribution is 5.95. The lowest BCUT2D eigenvalue weighted by atomic mass is 9.97. The summed E-state index contributed by atoms with van der Waals surface area (Å²) in [5.74, 6) is -0.419. The van der Waals surface area contributed by atoms with Crippen molar-refractivity contribution >= 4 is 22.8 Å². The molecule has 1 fully saturated rings. The van der Waals surface area contributed by atoms with Crippen LogP contribution in [0.15, 0.2) is 54.7 Å². The first-order valence-corrected chi connectivity index (χ1v) is 9.53. The predicted octanol–water partition coefficient (Wildman–Crippen LogP) is 3.17. The summed E-state index contributed by atoms with van der Waals surface area (Å²) in [6.07, 6.45) is 4.75. The number of likely N-dealkylation sites (tertiary alicyclic amines) is 1. The highest BCUT2D eigenvalue weighted by Gasteiger charge is 2.28. The van der Waals surface area contributed by atoms with E-state index in [1.807, 2.05) is 48.5 Å². The predicted molar refractivity (Wildman–Crippen MR) is 107 cm³/mol. The summed E-state index contributed by atoms with van der Waals surface area (Å²) in [4.78, 5) is 35.2. The molecule has 4 rings (SSSR count). The number of rotatable bonds is 4. The molecule has 1 aromatic heterocycles. The zero-order valence-electron chi connectivity index (χ0n) is 15.5. The van der Waals surface area contributed by atoms with E-state index >= 15 is 0 Å². The van der Waals surface area contributed by atoms with E-state index in [0.29, 0.717) is 12.1 Å². The minimum atomic E-state index is -0.366. The van der Waals surface area contributed by atoms with Crippen LogP contribution >= 0.6 is 0 Å². The molecule has 3 aromatic rings. The Labute approximate surface area is 163 Å². The number of hydrogen-bond donors (Lipinski definition) is 1. The number of carbonyl (C=O) groups is 2. The summed E-state index contributed by atoms with van der Waals surface area (Å²) in [5.41, 5.74) is 9.32. The topological polar surface area (TPSA) is 89.2 Å². The van der Waals surface area contributed by atoms with Crippen LogP contribution in [0.4, 0.5) is 0 Å². The van der Waals surface area contributed by atoms with Gasteiger partial charge in [-0.15, -0.1) is 0 Å². The molecule has 6 nitrogen and oxygen atoms in total. The minimum absolute atomic E-state index is 0.0536. The number of hydrogen-bond acceptors (Lipinski definition) is 4. The van der Waals surface area contributed by atoms with Crippen LogP contribution in [0.3, 0.4) is 0 Å². The van der Waals surface area contributed by atoms with Crippen LogP contribution in [0, 0.1) is 0 Å². The third kappa shape index (κ3) is 3.71. The standard InChI is InChI=1S/C22H22N4O2/c23-21(27)13-17-5-3-4-12-26(17)22(28)16-10-8-15(9-11-16)20-14-24-18-6-1-2-7-19(18)25-20/h1-2,6-11,14,17H,3-5,12-13H2,(H2,23,27)/t17-/m0/s1. The Kier molecular flexibility index (Phi) is 5.02. The van der Waals surface area contributed by atoms with Gasteiger partial charge in [-0.2, -0.15) is 0 Å². The number of primary amides is 1. The summed E-state index contributed by atoms with van der Waals surface area (Å²) in [7, 11) is 0. The van der Waals surface area contributed by atoms with Gasteiger partial charge < -0.3 is 10.6 Å². The number of para-hydroxylation sites is 2. The molecule has 0 radical (unpaired) electrons. The van der Waals surface area contributed by atoms with Gasteiger partial charge in [0.1, 0.15) is 0 Å². The third-order valence-corrected chi connectivity index (χ3v) is 5.20. The molecule has 1 atom stereocenters. The van der Waals surface area contributed by atoms with Gasteiger partial charge in [0.25, 0.3) is 5.91 Å². The maximum atomic E-state index is 13.0. The summed E-state index contributed by atoms with van der Waals surface area (Å²) in [5, 5.41) is 0. The van der Waals surface area contributed by atoms with Gasteiger partial charge in [-0.05, 0) is 43.5 Å². The number of amides is 2. The van der Waals surface area contributed by atoms with E-state index in [0.717, 1.165) is 41.6 Å². The Morgan fingerprint density at radius 3 is 2.54 bits per heavy atom. The molecule has 2 aromatic carbocycles. The van der Waals surface area contributed by atoms with Gasteiger partial charge >= 0.3 is 0 Å². The normalized spacial score (nSPS) is 16.9. The molecule has 2 heterocycles. The second-order valence-electron chi connectivity index (χ2n) is 7.14. The average Bonchev–Trinajstić information content (AvgIpc) is 2.73. The molecular weight excluding hydrogens is 352 g/mol. The smallest absolute Gasteiger partial charge is 0.254 e. The lowest BCUT2D eigenvalue weighted by Gasteiger charge is -2.35. The number of aromatic nitrogens is 2. The zero-order chi connectivity index (χ0) is 19.5. The lowest BCUT2D eigenvalue weighted by molar-refractivity contribution is -0.119. The van der Waals surface area contributed by atoms with Crippen LogP contribution < -0.4 is 5.73 Å². The van der Waals surface area contributed by atoms with Crippen LogP contribution in [-0.4, -0.2) is 39.3 Å². The van der Waals surface area contributed by atoms with Crippen molar-refractivity contribution in [3.05, 3.63) is 60.3 Å². The third-order valence-electron chi connectivity index (χ3n) is 5.20. The summed E-state index contributed by atoms with van der Waals surface area (Å²) in [6, 6.07) is 15.0. The molecule has 142 valence electrons. The van der Waals surface area contributed by atoms with Crippen molar-refractivity contribution in [3.8, 4) is 11.3 Å². The van der Waals surface area contributed by atoms with Crippen molar-refractivity contribution in [1.29, 1.82) is 0 Å². The number of fused-ring (bicyclic) bond motifs is 1. The fourth-order valence-corrected chi connectivity index (χ4v) is 3.76. The van der Waals surface area contributed by atoms with E-state index in [2.05, 4.69) is 9.97 Å². The molecule has 0 spiro atoms. The molecule has 6 heteroatoms. The molecular formula is C22H22N4O2. The second-order valence-corrected chi connectivity index (χ2v) is 7.14. The molecule has 2 N–H and O–H groups in total. The molecule has 0 bridgehead atoms. The van der Waals surface area contributed by atoms with Gasteiger partial charge in [0, 0.05) is 30.1 Å². The first-order valence-electron chi connectivity index (χ1n) is 9.53. The maximum absolute atomic E-state index is 13.0. The first-order chi connectivity index (χ1) is 13.6. The van der Waals surface area contributed by atoms with Crippen LogP contribution in [0.5, 0.6) is 0 Å². The van der Waals surface area contributed by atoms with Crippen LogP contribution in [0.1, 0.15) is 36.0 Å². The van der Waals surface area contributed by atoms with Gasteiger partial charge in [-0.3, -0.25) is 14.6 Å². The van der Waals surface area contributed by atoms with Crippen molar-refractivity contribution in [2.45, 2.75) is 31.7 Å². The highest BCUT2D eigenvalue weighted by atomic mass is 16.2. The fourth-order valence-electron chi connectivity index (χ4n) is 3.76. The van der Waals surface area contributed by atoms with Crippen LogP contribution in [0.2, 0.25) is 0 Å². The van der Waals surface area contributed by atoms with Gasteiger partial charge in [-0.25, -0.2) is 4.98 Å². The monoisotopic (exact) mass is 374 g/mol. The van der Waals surface area contributed by atoms with Crippen molar-refractivity contribution in [2.24, 2.45) is 5.73 Å². The molecule has 1 aliphatic heterocycles. The van der Waals surface area contributed by atoms with Crippen LogP contribution in [0.25, 0.3) is 22.3 Å². The number of carbonyl (C=O) groups excluding carboxylic acids is 2. The summed E-state index contributed by atoms with van der Waals surface area (Å²) in [6.45, 7) is 0.661. The van der Waals surface area contributed by atoms with Gasteiger partial charge in [-0.1, -0.05) is 24.3 Å². The Hall–Kier alpha value is -3.28. The second kappa shape index (κ2) is 7.76. The molecule has 1 saturated heterocycles. The number of nitrogens with two attached hydrogens (primary N) is 1. The minimum Gasteiger partial charge on any atom is -0.370 e. The van der Waals surface area contributed by atoms with Gasteiger partial charge in [0.05, 0.1) is 22.9 Å². The number of piperidine rings is 1. The van der Waals surface area contributed by atoms with E-state index in [4.69, 9.17) is 5.73 Å². The first kappa shape index (κ1) is 18.1. The zero-order valence-corrected chi connectivity index (χ0v) is 15.5. The van der Waals surface area contributed by atoms with E-state index < -0.39 is 0 Å². The number of benzene rings is 2. The molecule has 0 unspecified atom stereocenters. The Morgan fingerprint density at radius 1 is 1.04 bits per heavy atom. The van der Waals surface area contributed by atoms with Crippen LogP contribution in [-0.2, 0) is 4.79 Å². The van der Waals surface area contributed by atoms with E-state index in [9.17, 15) is 9.59 Å². The van der Waals surface area contributed by atoms with E-state index in [1.165, 1.54) is 0 Å². The number of nitrogens with zero attached hydrogens (tertiary/aromatic N) is 3. The van der Waals surface area contributed by atoms with Crippen molar-refractivity contribution < 1.29 is 9.59 Å².